The lowest BCUT2D eigenvalue weighted by Gasteiger charge is -1.98. The van der Waals surface area contributed by atoms with Crippen LogP contribution in [0, 0.1) is 0 Å². The van der Waals surface area contributed by atoms with E-state index in [1.165, 1.54) is 0 Å². The standard InChI is InChI=1S/C17H13NOS/c19-16(13-7-3-1-4-8-13)11-15-12-20-17(18-15)14-9-5-2-6-10-14/h1-10,12H,11H2. The second-order valence-electron chi connectivity index (χ2n) is 4.48. The molecule has 0 bridgehead atoms. The van der Waals surface area contributed by atoms with Crippen molar-refractivity contribution in [2.24, 2.45) is 0 Å². The van der Waals surface area contributed by atoms with Crippen molar-refractivity contribution >= 4 is 17.1 Å². The van der Waals surface area contributed by atoms with Crippen molar-refractivity contribution in [3.05, 3.63) is 77.3 Å². The highest BCUT2D eigenvalue weighted by molar-refractivity contribution is 7.13. The number of hydrogen-bond donors (Lipinski definition) is 0. The van der Waals surface area contributed by atoms with Crippen LogP contribution in [0.15, 0.2) is 66.0 Å². The summed E-state index contributed by atoms with van der Waals surface area (Å²) in [6, 6.07) is 19.4. The van der Waals surface area contributed by atoms with E-state index >= 15 is 0 Å². The Morgan fingerprint density at radius 3 is 2.30 bits per heavy atom. The zero-order valence-electron chi connectivity index (χ0n) is 10.8. The lowest BCUT2D eigenvalue weighted by molar-refractivity contribution is 0.0992. The third-order valence-electron chi connectivity index (χ3n) is 3.01. The minimum absolute atomic E-state index is 0.107. The van der Waals surface area contributed by atoms with Crippen molar-refractivity contribution in [2.45, 2.75) is 6.42 Å². The Morgan fingerprint density at radius 1 is 0.950 bits per heavy atom. The number of aromatic nitrogens is 1. The van der Waals surface area contributed by atoms with Crippen molar-refractivity contribution in [3.8, 4) is 10.6 Å². The van der Waals surface area contributed by atoms with E-state index < -0.39 is 0 Å². The van der Waals surface area contributed by atoms with Crippen LogP contribution in [-0.2, 0) is 6.42 Å². The zero-order valence-corrected chi connectivity index (χ0v) is 11.6. The van der Waals surface area contributed by atoms with Crippen molar-refractivity contribution in [1.82, 2.24) is 4.98 Å². The molecule has 0 fully saturated rings. The maximum Gasteiger partial charge on any atom is 0.168 e. The van der Waals surface area contributed by atoms with Crippen LogP contribution in [0.3, 0.4) is 0 Å². The Morgan fingerprint density at radius 2 is 1.60 bits per heavy atom. The molecule has 0 aliphatic rings. The van der Waals surface area contributed by atoms with Gasteiger partial charge < -0.3 is 0 Å². The Balaban J connectivity index is 1.77. The number of rotatable bonds is 4. The summed E-state index contributed by atoms with van der Waals surface area (Å²) in [6.07, 6.45) is 0.355. The number of carbonyl (C=O) groups excluding carboxylic acids is 1. The lowest BCUT2D eigenvalue weighted by atomic mass is 10.1. The van der Waals surface area contributed by atoms with E-state index in [0.29, 0.717) is 6.42 Å². The van der Waals surface area contributed by atoms with Gasteiger partial charge in [-0.05, 0) is 0 Å². The molecule has 0 atom stereocenters. The molecule has 0 unspecified atom stereocenters. The maximum atomic E-state index is 12.1. The van der Waals surface area contributed by atoms with E-state index in [-0.39, 0.29) is 5.78 Å². The number of nitrogens with zero attached hydrogens (tertiary/aromatic N) is 1. The lowest BCUT2D eigenvalue weighted by Crippen LogP contribution is -2.03. The van der Waals surface area contributed by atoms with Crippen LogP contribution >= 0.6 is 11.3 Å². The molecule has 0 aliphatic carbocycles. The van der Waals surface area contributed by atoms with Crippen LogP contribution in [0.1, 0.15) is 16.1 Å². The summed E-state index contributed by atoms with van der Waals surface area (Å²) < 4.78 is 0. The van der Waals surface area contributed by atoms with Crippen LogP contribution in [0.2, 0.25) is 0 Å². The molecular formula is C17H13NOS. The first-order valence-electron chi connectivity index (χ1n) is 6.41. The Hall–Kier alpha value is -2.26. The summed E-state index contributed by atoms with van der Waals surface area (Å²) in [7, 11) is 0. The van der Waals surface area contributed by atoms with Gasteiger partial charge in [-0.3, -0.25) is 4.79 Å². The van der Waals surface area contributed by atoms with Crippen molar-refractivity contribution < 1.29 is 4.79 Å². The minimum atomic E-state index is 0.107. The van der Waals surface area contributed by atoms with Gasteiger partial charge in [0.25, 0.3) is 0 Å². The van der Waals surface area contributed by atoms with E-state index in [9.17, 15) is 4.79 Å². The maximum absolute atomic E-state index is 12.1. The highest BCUT2D eigenvalue weighted by Gasteiger charge is 2.10. The summed E-state index contributed by atoms with van der Waals surface area (Å²) in [4.78, 5) is 16.7. The highest BCUT2D eigenvalue weighted by atomic mass is 32.1. The van der Waals surface area contributed by atoms with E-state index in [1.54, 1.807) is 11.3 Å². The molecule has 0 N–H and O–H groups in total. The van der Waals surface area contributed by atoms with Crippen LogP contribution in [-0.4, -0.2) is 10.8 Å². The molecule has 0 aliphatic heterocycles. The van der Waals surface area contributed by atoms with E-state index in [4.69, 9.17) is 0 Å². The Bertz CT molecular complexity index is 704. The fraction of sp³-hybridized carbons (Fsp3) is 0.0588. The van der Waals surface area contributed by atoms with E-state index in [1.807, 2.05) is 66.0 Å². The number of benzene rings is 2. The Labute approximate surface area is 121 Å². The molecule has 0 spiro atoms. The molecule has 20 heavy (non-hydrogen) atoms. The van der Waals surface area contributed by atoms with Gasteiger partial charge in [-0.25, -0.2) is 4.98 Å². The molecule has 1 heterocycles. The van der Waals surface area contributed by atoms with Crippen molar-refractivity contribution in [1.29, 1.82) is 0 Å². The molecule has 98 valence electrons. The average Bonchev–Trinajstić information content (AvgIpc) is 2.97. The molecule has 0 amide bonds. The van der Waals surface area contributed by atoms with Crippen LogP contribution < -0.4 is 0 Å². The first-order chi connectivity index (χ1) is 9.83. The second kappa shape index (κ2) is 5.80. The van der Waals surface area contributed by atoms with Gasteiger partial charge in [-0.1, -0.05) is 60.7 Å². The monoisotopic (exact) mass is 279 g/mol. The van der Waals surface area contributed by atoms with E-state index in [2.05, 4.69) is 4.98 Å². The number of carbonyl (C=O) groups is 1. The molecule has 3 rings (SSSR count). The first-order valence-corrected chi connectivity index (χ1v) is 7.29. The average molecular weight is 279 g/mol. The summed E-state index contributed by atoms with van der Waals surface area (Å²) in [5.41, 5.74) is 2.67. The van der Waals surface area contributed by atoms with Gasteiger partial charge in [0.15, 0.2) is 5.78 Å². The number of ketones is 1. The first kappa shape index (κ1) is 12.8. The molecule has 0 radical (unpaired) electrons. The summed E-state index contributed by atoms with van der Waals surface area (Å²) in [6.45, 7) is 0. The molecule has 0 saturated heterocycles. The number of thiazole rings is 1. The second-order valence-corrected chi connectivity index (χ2v) is 5.33. The normalized spacial score (nSPS) is 10.4. The molecule has 2 nitrogen and oxygen atoms in total. The quantitative estimate of drug-likeness (QED) is 0.669. The fourth-order valence-electron chi connectivity index (χ4n) is 1.99. The van der Waals surface area contributed by atoms with Crippen LogP contribution in [0.4, 0.5) is 0 Å². The van der Waals surface area contributed by atoms with Gasteiger partial charge in [-0.2, -0.15) is 0 Å². The summed E-state index contributed by atoms with van der Waals surface area (Å²) in [5, 5.41) is 2.92. The molecular weight excluding hydrogens is 266 g/mol. The third-order valence-corrected chi connectivity index (χ3v) is 3.95. The van der Waals surface area contributed by atoms with Gasteiger partial charge >= 0.3 is 0 Å². The molecule has 0 saturated carbocycles. The van der Waals surface area contributed by atoms with Gasteiger partial charge in [0.1, 0.15) is 5.01 Å². The van der Waals surface area contributed by atoms with Gasteiger partial charge in [0.2, 0.25) is 0 Å². The largest absolute Gasteiger partial charge is 0.294 e. The van der Waals surface area contributed by atoms with Gasteiger partial charge in [0, 0.05) is 16.5 Å². The van der Waals surface area contributed by atoms with Crippen molar-refractivity contribution in [3.63, 3.8) is 0 Å². The van der Waals surface area contributed by atoms with Crippen LogP contribution in [0.25, 0.3) is 10.6 Å². The smallest absolute Gasteiger partial charge is 0.168 e. The molecule has 2 aromatic carbocycles. The minimum Gasteiger partial charge on any atom is -0.294 e. The summed E-state index contributed by atoms with van der Waals surface area (Å²) in [5.74, 6) is 0.107. The molecule has 3 aromatic rings. The topological polar surface area (TPSA) is 30.0 Å². The fourth-order valence-corrected chi connectivity index (χ4v) is 2.82. The predicted molar refractivity (Wildman–Crippen MR) is 82.0 cm³/mol. The molecule has 3 heteroatoms. The molecule has 1 aromatic heterocycles. The summed E-state index contributed by atoms with van der Waals surface area (Å²) >= 11 is 1.58. The number of Topliss-reactive ketones (excluding diaryl/α,β-unsaturated/α-hetero) is 1. The van der Waals surface area contributed by atoms with Crippen molar-refractivity contribution in [2.75, 3.05) is 0 Å². The third kappa shape index (κ3) is 2.83. The van der Waals surface area contributed by atoms with Crippen LogP contribution in [0.5, 0.6) is 0 Å². The SMILES string of the molecule is O=C(Cc1csc(-c2ccccc2)n1)c1ccccc1. The van der Waals surface area contributed by atoms with E-state index in [0.717, 1.165) is 21.8 Å². The van der Waals surface area contributed by atoms with Gasteiger partial charge in [0.05, 0.1) is 12.1 Å². The predicted octanol–water partition coefficient (Wildman–Crippen LogP) is 4.24. The number of hydrogen-bond acceptors (Lipinski definition) is 3. The highest BCUT2D eigenvalue weighted by Crippen LogP contribution is 2.23. The van der Waals surface area contributed by atoms with Gasteiger partial charge in [-0.15, -0.1) is 11.3 Å². The zero-order chi connectivity index (χ0) is 13.8. The Kier molecular flexibility index (Phi) is 3.70.